The lowest BCUT2D eigenvalue weighted by molar-refractivity contribution is -0.113. The molecule has 0 radical (unpaired) electrons. The smallest absolute Gasteiger partial charge is 0.258 e. The summed E-state index contributed by atoms with van der Waals surface area (Å²) < 4.78 is 16.5. The summed E-state index contributed by atoms with van der Waals surface area (Å²) in [6, 6.07) is 19.7. The van der Waals surface area contributed by atoms with Gasteiger partial charge in [-0.05, 0) is 50.2 Å². The third-order valence-corrected chi connectivity index (χ3v) is 6.72. The number of pyridine rings is 1. The zero-order valence-electron chi connectivity index (χ0n) is 21.8. The molecule has 0 aliphatic rings. The van der Waals surface area contributed by atoms with Gasteiger partial charge in [0.15, 0.2) is 0 Å². The van der Waals surface area contributed by atoms with Gasteiger partial charge in [-0.3, -0.25) is 9.59 Å². The zero-order valence-corrected chi connectivity index (χ0v) is 22.6. The highest BCUT2D eigenvalue weighted by molar-refractivity contribution is 8.00. The van der Waals surface area contributed by atoms with Gasteiger partial charge in [0.2, 0.25) is 5.91 Å². The first-order chi connectivity index (χ1) is 18.9. The molecule has 0 unspecified atom stereocenters. The Labute approximate surface area is 230 Å². The van der Waals surface area contributed by atoms with Crippen LogP contribution in [0.4, 0.5) is 11.4 Å². The minimum absolute atomic E-state index is 0.0252. The van der Waals surface area contributed by atoms with Crippen LogP contribution in [0.25, 0.3) is 11.3 Å². The van der Waals surface area contributed by atoms with E-state index in [2.05, 4.69) is 21.7 Å². The topological polar surface area (TPSA) is 126 Å². The van der Waals surface area contributed by atoms with E-state index in [1.165, 1.54) is 14.2 Å². The molecule has 0 spiro atoms. The van der Waals surface area contributed by atoms with Gasteiger partial charge in [-0.1, -0.05) is 36.0 Å². The van der Waals surface area contributed by atoms with Crippen LogP contribution in [0.15, 0.2) is 70.1 Å². The Kier molecular flexibility index (Phi) is 8.53. The highest BCUT2D eigenvalue weighted by Crippen LogP contribution is 2.37. The van der Waals surface area contributed by atoms with Crippen molar-refractivity contribution in [2.75, 3.05) is 30.6 Å². The molecular weight excluding hydrogens is 516 g/mol. The largest absolute Gasteiger partial charge is 0.495 e. The average molecular weight is 543 g/mol. The van der Waals surface area contributed by atoms with Crippen LogP contribution in [0, 0.1) is 25.2 Å². The first-order valence-electron chi connectivity index (χ1n) is 11.9. The first-order valence-corrected chi connectivity index (χ1v) is 12.9. The van der Waals surface area contributed by atoms with E-state index in [1.807, 2.05) is 0 Å². The van der Waals surface area contributed by atoms with Gasteiger partial charge in [0.05, 0.1) is 53.7 Å². The minimum atomic E-state index is -0.476. The normalized spacial score (nSPS) is 10.4. The van der Waals surface area contributed by atoms with Gasteiger partial charge in [0.1, 0.15) is 34.1 Å². The lowest BCUT2D eigenvalue weighted by atomic mass is 9.99. The minimum Gasteiger partial charge on any atom is -0.495 e. The molecule has 0 bridgehead atoms. The molecule has 4 rings (SSSR count). The maximum atomic E-state index is 13.6. The zero-order chi connectivity index (χ0) is 27.9. The van der Waals surface area contributed by atoms with Crippen LogP contribution in [0.3, 0.4) is 0 Å². The molecule has 0 saturated heterocycles. The van der Waals surface area contributed by atoms with Crippen molar-refractivity contribution in [1.29, 1.82) is 5.26 Å². The van der Waals surface area contributed by atoms with E-state index in [1.54, 1.807) is 74.5 Å². The number of anilines is 2. The molecule has 0 saturated carbocycles. The van der Waals surface area contributed by atoms with Gasteiger partial charge in [0, 0.05) is 0 Å². The summed E-state index contributed by atoms with van der Waals surface area (Å²) in [5, 5.41) is 16.2. The van der Waals surface area contributed by atoms with Gasteiger partial charge in [0.25, 0.3) is 5.91 Å². The number of rotatable bonds is 9. The van der Waals surface area contributed by atoms with Crippen LogP contribution in [0.2, 0.25) is 0 Å². The Bertz CT molecular complexity index is 1570. The van der Waals surface area contributed by atoms with Gasteiger partial charge < -0.3 is 24.5 Å². The third-order valence-electron chi connectivity index (χ3n) is 5.75. The number of ether oxygens (including phenoxy) is 2. The first kappa shape index (κ1) is 27.3. The predicted octanol–water partition coefficient (Wildman–Crippen LogP) is 5.83. The number of nitrogens with one attached hydrogen (secondary N) is 2. The molecule has 0 aliphatic heterocycles. The lowest BCUT2D eigenvalue weighted by Crippen LogP contribution is -2.18. The molecule has 0 atom stereocenters. The quantitative estimate of drug-likeness (QED) is 0.253. The Hall–Kier alpha value is -4.75. The third kappa shape index (κ3) is 6.05. The number of methoxy groups -OCH3 is 2. The van der Waals surface area contributed by atoms with Crippen LogP contribution < -0.4 is 20.1 Å². The van der Waals surface area contributed by atoms with E-state index in [0.29, 0.717) is 50.7 Å². The molecular formula is C29H26N4O5S. The molecule has 9 nitrogen and oxygen atoms in total. The number of benzene rings is 2. The maximum Gasteiger partial charge on any atom is 0.258 e. The van der Waals surface area contributed by atoms with Gasteiger partial charge in [-0.25, -0.2) is 4.98 Å². The second kappa shape index (κ2) is 12.2. The highest BCUT2D eigenvalue weighted by Gasteiger charge is 2.27. The average Bonchev–Trinajstić information content (AvgIpc) is 3.37. The number of aryl methyl sites for hydroxylation is 2. The molecule has 2 amide bonds. The van der Waals surface area contributed by atoms with Crippen molar-refractivity contribution in [3.63, 3.8) is 0 Å². The van der Waals surface area contributed by atoms with E-state index in [-0.39, 0.29) is 22.8 Å². The number of amides is 2. The number of aromatic nitrogens is 1. The SMILES string of the molecule is COc1ccccc1NC(=O)CSc1nc(C)c(C(=O)Nc2ccccc2OC)c(-c2ccc(C)o2)c1C#N. The fraction of sp³-hybridized carbons (Fsp3) is 0.172. The number of hydrogen-bond acceptors (Lipinski definition) is 8. The number of nitrogens with zero attached hydrogens (tertiary/aromatic N) is 2. The summed E-state index contributed by atoms with van der Waals surface area (Å²) in [4.78, 5) is 30.9. The van der Waals surface area contributed by atoms with Crippen LogP contribution in [0.5, 0.6) is 11.5 Å². The van der Waals surface area contributed by atoms with Crippen molar-refractivity contribution in [3.05, 3.63) is 83.2 Å². The molecule has 2 aromatic heterocycles. The Morgan fingerprint density at radius 1 is 0.949 bits per heavy atom. The molecule has 0 fully saturated rings. The van der Waals surface area contributed by atoms with Crippen molar-refractivity contribution < 1.29 is 23.5 Å². The Balaban J connectivity index is 1.70. The van der Waals surface area contributed by atoms with Crippen molar-refractivity contribution in [2.24, 2.45) is 0 Å². The van der Waals surface area contributed by atoms with Crippen molar-refractivity contribution in [2.45, 2.75) is 18.9 Å². The van der Waals surface area contributed by atoms with E-state index in [9.17, 15) is 14.9 Å². The molecule has 2 heterocycles. The highest BCUT2D eigenvalue weighted by atomic mass is 32.2. The second-order valence-electron chi connectivity index (χ2n) is 8.34. The fourth-order valence-electron chi connectivity index (χ4n) is 3.98. The predicted molar refractivity (Wildman–Crippen MR) is 149 cm³/mol. The van der Waals surface area contributed by atoms with Crippen molar-refractivity contribution >= 4 is 35.0 Å². The number of para-hydroxylation sites is 4. The van der Waals surface area contributed by atoms with Gasteiger partial charge in [-0.15, -0.1) is 0 Å². The number of carbonyl (C=O) groups excluding carboxylic acids is 2. The van der Waals surface area contributed by atoms with Gasteiger partial charge >= 0.3 is 0 Å². The monoisotopic (exact) mass is 542 g/mol. The summed E-state index contributed by atoms with van der Waals surface area (Å²) >= 11 is 1.09. The summed E-state index contributed by atoms with van der Waals surface area (Å²) in [5.74, 6) is 1.17. The number of hydrogen-bond donors (Lipinski definition) is 2. The standard InChI is InChI=1S/C29H26N4O5S/c1-17-13-14-24(38-17)27-19(15-30)29(39-16-25(34)32-20-9-5-7-11-22(20)36-3)31-18(2)26(27)28(35)33-21-10-6-8-12-23(21)37-4/h5-14H,16H2,1-4H3,(H,32,34)(H,33,35). The number of carbonyl (C=O) groups is 2. The van der Waals surface area contributed by atoms with Crippen molar-refractivity contribution in [3.8, 4) is 28.9 Å². The van der Waals surface area contributed by atoms with E-state index in [0.717, 1.165) is 11.8 Å². The molecule has 0 aliphatic carbocycles. The summed E-state index contributed by atoms with van der Waals surface area (Å²) in [7, 11) is 3.04. The number of nitriles is 1. The second-order valence-corrected chi connectivity index (χ2v) is 9.31. The maximum absolute atomic E-state index is 13.6. The van der Waals surface area contributed by atoms with Crippen LogP contribution in [0.1, 0.15) is 27.4 Å². The Morgan fingerprint density at radius 2 is 1.56 bits per heavy atom. The van der Waals surface area contributed by atoms with Crippen molar-refractivity contribution in [1.82, 2.24) is 4.98 Å². The van der Waals surface area contributed by atoms with Crippen LogP contribution in [-0.4, -0.2) is 36.8 Å². The van der Waals surface area contributed by atoms with E-state index < -0.39 is 5.91 Å². The molecule has 2 aromatic carbocycles. The molecule has 10 heteroatoms. The fourth-order valence-corrected chi connectivity index (χ4v) is 4.81. The molecule has 198 valence electrons. The number of thioether (sulfide) groups is 1. The molecule has 2 N–H and O–H groups in total. The van der Waals surface area contributed by atoms with E-state index >= 15 is 0 Å². The molecule has 39 heavy (non-hydrogen) atoms. The van der Waals surface area contributed by atoms with Crippen LogP contribution >= 0.6 is 11.8 Å². The van der Waals surface area contributed by atoms with Gasteiger partial charge in [-0.2, -0.15) is 5.26 Å². The Morgan fingerprint density at radius 3 is 2.13 bits per heavy atom. The van der Waals surface area contributed by atoms with Crippen LogP contribution in [-0.2, 0) is 4.79 Å². The lowest BCUT2D eigenvalue weighted by Gasteiger charge is -2.16. The van der Waals surface area contributed by atoms with E-state index in [4.69, 9.17) is 13.9 Å². The molecule has 4 aromatic rings. The summed E-state index contributed by atoms with van der Waals surface area (Å²) in [6.45, 7) is 3.45. The summed E-state index contributed by atoms with van der Waals surface area (Å²) in [6.07, 6.45) is 0. The number of furan rings is 1. The summed E-state index contributed by atoms with van der Waals surface area (Å²) in [5.41, 5.74) is 2.00.